The van der Waals surface area contributed by atoms with Crippen LogP contribution in [0.3, 0.4) is 0 Å². The lowest BCUT2D eigenvalue weighted by Crippen LogP contribution is -2.25. The summed E-state index contributed by atoms with van der Waals surface area (Å²) in [5, 5.41) is 0.684. The molecule has 2 N–H and O–H groups in total. The van der Waals surface area contributed by atoms with Gasteiger partial charge in [-0.15, -0.1) is 0 Å². The molecule has 0 saturated heterocycles. The fourth-order valence-corrected chi connectivity index (χ4v) is 2.70. The number of aliphatic imine (C=N–C) groups is 1. The highest BCUT2D eigenvalue weighted by Gasteiger charge is 2.17. The Labute approximate surface area is 115 Å². The van der Waals surface area contributed by atoms with Crippen molar-refractivity contribution in [3.8, 4) is 0 Å². The van der Waals surface area contributed by atoms with Crippen LogP contribution in [0.2, 0.25) is 5.02 Å². The molecule has 17 heavy (non-hydrogen) atoms. The summed E-state index contributed by atoms with van der Waals surface area (Å²) in [7, 11) is 0. The van der Waals surface area contributed by atoms with Crippen molar-refractivity contribution in [2.45, 2.75) is 32.1 Å². The first kappa shape index (κ1) is 12.9. The summed E-state index contributed by atoms with van der Waals surface area (Å²) in [6.07, 6.45) is 6.17. The van der Waals surface area contributed by atoms with E-state index in [4.69, 9.17) is 17.3 Å². The lowest BCUT2D eigenvalue weighted by molar-refractivity contribution is 0.437. The second kappa shape index (κ2) is 5.87. The predicted molar refractivity (Wildman–Crippen MR) is 77.0 cm³/mol. The summed E-state index contributed by atoms with van der Waals surface area (Å²) >= 11 is 9.42. The van der Waals surface area contributed by atoms with Gasteiger partial charge in [0.25, 0.3) is 0 Å². The Balaban J connectivity index is 2.19. The van der Waals surface area contributed by atoms with Gasteiger partial charge in [-0.05, 0) is 47.0 Å². The molecule has 0 aliphatic heterocycles. The lowest BCUT2D eigenvalue weighted by Gasteiger charge is -2.20. The Morgan fingerprint density at radius 3 is 2.71 bits per heavy atom. The van der Waals surface area contributed by atoms with Gasteiger partial charge in [0, 0.05) is 15.4 Å². The highest BCUT2D eigenvalue weighted by atomic mass is 79.9. The molecular formula is C13H16BrClN2. The first-order valence-corrected chi connectivity index (χ1v) is 7.13. The SMILES string of the molecule is NC(=Nc1cc(Cl)ccc1Br)C1CCCCC1. The molecule has 0 spiro atoms. The van der Waals surface area contributed by atoms with Crippen LogP contribution in [0.15, 0.2) is 27.7 Å². The Bertz CT molecular complexity index is 425. The third-order valence-electron chi connectivity index (χ3n) is 3.18. The average Bonchev–Trinajstić information content (AvgIpc) is 2.35. The first-order valence-electron chi connectivity index (χ1n) is 5.96. The number of halogens is 2. The minimum Gasteiger partial charge on any atom is -0.387 e. The van der Waals surface area contributed by atoms with Gasteiger partial charge in [-0.25, -0.2) is 4.99 Å². The van der Waals surface area contributed by atoms with Crippen molar-refractivity contribution in [1.82, 2.24) is 0 Å². The number of amidine groups is 1. The zero-order chi connectivity index (χ0) is 12.3. The topological polar surface area (TPSA) is 38.4 Å². The Morgan fingerprint density at radius 2 is 2.00 bits per heavy atom. The zero-order valence-corrected chi connectivity index (χ0v) is 12.0. The highest BCUT2D eigenvalue weighted by molar-refractivity contribution is 9.10. The van der Waals surface area contributed by atoms with Crippen LogP contribution >= 0.6 is 27.5 Å². The minimum absolute atomic E-state index is 0.439. The maximum atomic E-state index is 6.09. The minimum atomic E-state index is 0.439. The summed E-state index contributed by atoms with van der Waals surface area (Å²) in [6, 6.07) is 5.57. The number of hydrogen-bond donors (Lipinski definition) is 1. The quantitative estimate of drug-likeness (QED) is 0.625. The molecule has 0 aromatic heterocycles. The van der Waals surface area contributed by atoms with E-state index in [2.05, 4.69) is 20.9 Å². The van der Waals surface area contributed by atoms with Gasteiger partial charge in [0.1, 0.15) is 5.84 Å². The van der Waals surface area contributed by atoms with Crippen LogP contribution in [-0.4, -0.2) is 5.84 Å². The zero-order valence-electron chi connectivity index (χ0n) is 9.63. The fourth-order valence-electron chi connectivity index (χ4n) is 2.20. The molecule has 1 aliphatic carbocycles. The third-order valence-corrected chi connectivity index (χ3v) is 4.09. The summed E-state index contributed by atoms with van der Waals surface area (Å²) in [5.74, 6) is 1.18. The molecule has 2 nitrogen and oxygen atoms in total. The molecule has 0 bridgehead atoms. The van der Waals surface area contributed by atoms with E-state index in [1.807, 2.05) is 18.2 Å². The van der Waals surface area contributed by atoms with E-state index in [0.717, 1.165) is 28.8 Å². The summed E-state index contributed by atoms with van der Waals surface area (Å²) < 4.78 is 0.931. The summed E-state index contributed by atoms with van der Waals surface area (Å²) in [5.41, 5.74) is 6.91. The van der Waals surface area contributed by atoms with E-state index < -0.39 is 0 Å². The van der Waals surface area contributed by atoms with E-state index in [1.54, 1.807) is 0 Å². The van der Waals surface area contributed by atoms with E-state index in [0.29, 0.717) is 10.9 Å². The number of nitrogens with two attached hydrogens (primary N) is 1. The largest absolute Gasteiger partial charge is 0.387 e. The third kappa shape index (κ3) is 3.46. The molecule has 4 heteroatoms. The van der Waals surface area contributed by atoms with Gasteiger partial charge >= 0.3 is 0 Å². The van der Waals surface area contributed by atoms with E-state index in [9.17, 15) is 0 Å². The maximum absolute atomic E-state index is 6.09. The fraction of sp³-hybridized carbons (Fsp3) is 0.462. The molecule has 92 valence electrons. The van der Waals surface area contributed by atoms with Gasteiger partial charge in [-0.3, -0.25) is 0 Å². The van der Waals surface area contributed by atoms with E-state index >= 15 is 0 Å². The van der Waals surface area contributed by atoms with Gasteiger partial charge in [-0.2, -0.15) is 0 Å². The van der Waals surface area contributed by atoms with Gasteiger partial charge < -0.3 is 5.73 Å². The van der Waals surface area contributed by atoms with Crippen LogP contribution in [0.1, 0.15) is 32.1 Å². The summed E-state index contributed by atoms with van der Waals surface area (Å²) in [4.78, 5) is 4.51. The molecule has 0 atom stereocenters. The molecule has 2 rings (SSSR count). The predicted octanol–water partition coefficient (Wildman–Crippen LogP) is 4.67. The van der Waals surface area contributed by atoms with Crippen LogP contribution in [0, 0.1) is 5.92 Å². The number of benzene rings is 1. The Morgan fingerprint density at radius 1 is 1.29 bits per heavy atom. The van der Waals surface area contributed by atoms with Crippen LogP contribution in [0.5, 0.6) is 0 Å². The van der Waals surface area contributed by atoms with Gasteiger partial charge in [0.15, 0.2) is 0 Å². The van der Waals surface area contributed by atoms with Crippen molar-refractivity contribution < 1.29 is 0 Å². The molecular weight excluding hydrogens is 300 g/mol. The van der Waals surface area contributed by atoms with Gasteiger partial charge in [-0.1, -0.05) is 30.9 Å². The molecule has 1 aliphatic rings. The molecule has 1 saturated carbocycles. The lowest BCUT2D eigenvalue weighted by atomic mass is 9.88. The number of hydrogen-bond acceptors (Lipinski definition) is 1. The van der Waals surface area contributed by atoms with E-state index in [1.165, 1.54) is 19.3 Å². The molecule has 1 aromatic rings. The molecule has 0 amide bonds. The standard InChI is InChI=1S/C13H16BrClN2/c14-11-7-6-10(15)8-12(11)17-13(16)9-4-2-1-3-5-9/h6-9H,1-5H2,(H2,16,17). The Kier molecular flexibility index (Phi) is 4.46. The van der Waals surface area contributed by atoms with Gasteiger partial charge in [0.05, 0.1) is 5.69 Å². The molecule has 0 radical (unpaired) electrons. The van der Waals surface area contributed by atoms with Gasteiger partial charge in [0.2, 0.25) is 0 Å². The Hall–Kier alpha value is -0.540. The van der Waals surface area contributed by atoms with Crippen LogP contribution < -0.4 is 5.73 Å². The first-order chi connectivity index (χ1) is 8.16. The molecule has 0 unspecified atom stereocenters. The number of nitrogens with zero attached hydrogens (tertiary/aromatic N) is 1. The smallest absolute Gasteiger partial charge is 0.103 e. The van der Waals surface area contributed by atoms with Crippen molar-refractivity contribution in [3.05, 3.63) is 27.7 Å². The van der Waals surface area contributed by atoms with E-state index in [-0.39, 0.29) is 0 Å². The second-order valence-electron chi connectivity index (χ2n) is 4.47. The maximum Gasteiger partial charge on any atom is 0.103 e. The van der Waals surface area contributed by atoms with Crippen molar-refractivity contribution >= 4 is 39.1 Å². The van der Waals surface area contributed by atoms with Crippen molar-refractivity contribution in [2.75, 3.05) is 0 Å². The normalized spacial score (nSPS) is 18.4. The van der Waals surface area contributed by atoms with Crippen LogP contribution in [0.25, 0.3) is 0 Å². The monoisotopic (exact) mass is 314 g/mol. The molecule has 0 heterocycles. The van der Waals surface area contributed by atoms with Crippen molar-refractivity contribution in [3.63, 3.8) is 0 Å². The average molecular weight is 316 g/mol. The summed E-state index contributed by atoms with van der Waals surface area (Å²) in [6.45, 7) is 0. The van der Waals surface area contributed by atoms with Crippen LogP contribution in [0.4, 0.5) is 5.69 Å². The molecule has 1 aromatic carbocycles. The van der Waals surface area contributed by atoms with Crippen LogP contribution in [-0.2, 0) is 0 Å². The molecule has 1 fully saturated rings. The number of rotatable bonds is 2. The second-order valence-corrected chi connectivity index (χ2v) is 5.76. The van der Waals surface area contributed by atoms with Crippen molar-refractivity contribution in [1.29, 1.82) is 0 Å². The highest BCUT2D eigenvalue weighted by Crippen LogP contribution is 2.30. The van der Waals surface area contributed by atoms with Crippen molar-refractivity contribution in [2.24, 2.45) is 16.6 Å².